The lowest BCUT2D eigenvalue weighted by molar-refractivity contribution is 0.395. The summed E-state index contributed by atoms with van der Waals surface area (Å²) in [5.41, 5.74) is 4.37. The van der Waals surface area contributed by atoms with Gasteiger partial charge in [0, 0.05) is 46.1 Å². The summed E-state index contributed by atoms with van der Waals surface area (Å²) in [6.45, 7) is 0. The van der Waals surface area contributed by atoms with Crippen LogP contribution in [0, 0.1) is 0 Å². The van der Waals surface area contributed by atoms with Crippen LogP contribution in [-0.2, 0) is 7.05 Å². The highest BCUT2D eigenvalue weighted by atomic mass is 16.5. The number of aromatic nitrogens is 4. The van der Waals surface area contributed by atoms with Gasteiger partial charge in [-0.05, 0) is 36.4 Å². The molecule has 0 saturated heterocycles. The van der Waals surface area contributed by atoms with Crippen LogP contribution >= 0.6 is 0 Å². The van der Waals surface area contributed by atoms with Crippen LogP contribution in [0.1, 0.15) is 0 Å². The van der Waals surface area contributed by atoms with Crippen LogP contribution in [0.2, 0.25) is 0 Å². The fourth-order valence-corrected chi connectivity index (χ4v) is 4.49. The molecule has 36 heavy (non-hydrogen) atoms. The highest BCUT2D eigenvalue weighted by Crippen LogP contribution is 2.35. The van der Waals surface area contributed by atoms with Crippen LogP contribution in [-0.4, -0.2) is 33.9 Å². The minimum absolute atomic E-state index is 0.137. The number of nitrogens with zero attached hydrogens (tertiary/aromatic N) is 3. The van der Waals surface area contributed by atoms with Gasteiger partial charge in [-0.1, -0.05) is 35.5 Å². The van der Waals surface area contributed by atoms with E-state index in [2.05, 4.69) is 15.1 Å². The number of hydrogen-bond donors (Lipinski definition) is 1. The second kappa shape index (κ2) is 8.42. The topological polar surface area (TPSA) is 95.2 Å². The van der Waals surface area contributed by atoms with Crippen molar-refractivity contribution in [3.8, 4) is 45.5 Å². The molecule has 8 heteroatoms. The summed E-state index contributed by atoms with van der Waals surface area (Å²) in [4.78, 5) is 21.3. The largest absolute Gasteiger partial charge is 0.497 e. The zero-order chi connectivity index (χ0) is 24.8. The number of fused-ring (bicyclic) bond motifs is 3. The van der Waals surface area contributed by atoms with Crippen LogP contribution in [0.25, 0.3) is 55.9 Å². The lowest BCUT2D eigenvalue weighted by Crippen LogP contribution is -2.19. The Labute approximate surface area is 205 Å². The summed E-state index contributed by atoms with van der Waals surface area (Å²) in [6, 6.07) is 22.9. The van der Waals surface area contributed by atoms with Crippen molar-refractivity contribution in [3.05, 3.63) is 83.2 Å². The van der Waals surface area contributed by atoms with Crippen LogP contribution in [0.5, 0.6) is 11.5 Å². The lowest BCUT2D eigenvalue weighted by atomic mass is 10.0. The number of benzene rings is 3. The number of hydrogen-bond acceptors (Lipinski definition) is 6. The molecule has 0 atom stereocenters. The maximum Gasteiger partial charge on any atom is 0.259 e. The predicted octanol–water partition coefficient (Wildman–Crippen LogP) is 5.42. The smallest absolute Gasteiger partial charge is 0.259 e. The van der Waals surface area contributed by atoms with E-state index in [-0.39, 0.29) is 5.56 Å². The lowest BCUT2D eigenvalue weighted by Gasteiger charge is -2.12. The second-order valence-electron chi connectivity index (χ2n) is 8.43. The average molecular weight is 479 g/mol. The molecule has 0 radical (unpaired) electrons. The van der Waals surface area contributed by atoms with Gasteiger partial charge in [0.1, 0.15) is 17.1 Å². The van der Waals surface area contributed by atoms with Gasteiger partial charge in [-0.15, -0.1) is 0 Å². The van der Waals surface area contributed by atoms with E-state index in [1.165, 1.54) is 0 Å². The van der Waals surface area contributed by atoms with Gasteiger partial charge in [0.2, 0.25) is 5.82 Å². The molecule has 3 aromatic carbocycles. The molecule has 0 fully saturated rings. The number of aromatic amines is 1. The van der Waals surface area contributed by atoms with Crippen LogP contribution in [0.3, 0.4) is 0 Å². The van der Waals surface area contributed by atoms with Crippen molar-refractivity contribution in [2.24, 2.45) is 7.05 Å². The maximum atomic E-state index is 13.3. The monoisotopic (exact) mass is 478 g/mol. The first-order chi connectivity index (χ1) is 17.6. The van der Waals surface area contributed by atoms with E-state index >= 15 is 0 Å². The Hall–Kier alpha value is -4.85. The minimum atomic E-state index is -0.137. The summed E-state index contributed by atoms with van der Waals surface area (Å²) < 4.78 is 18.1. The third kappa shape index (κ3) is 3.42. The van der Waals surface area contributed by atoms with Crippen LogP contribution in [0.15, 0.2) is 82.1 Å². The first kappa shape index (κ1) is 21.7. The van der Waals surface area contributed by atoms with Crippen LogP contribution in [0.4, 0.5) is 0 Å². The Kier molecular flexibility index (Phi) is 5.07. The van der Waals surface area contributed by atoms with Gasteiger partial charge in [0.25, 0.3) is 11.4 Å². The number of aryl methyl sites for hydroxylation is 1. The molecule has 6 rings (SSSR count). The molecule has 0 bridgehead atoms. The summed E-state index contributed by atoms with van der Waals surface area (Å²) >= 11 is 0. The van der Waals surface area contributed by atoms with Crippen molar-refractivity contribution in [2.75, 3.05) is 14.2 Å². The first-order valence-electron chi connectivity index (χ1n) is 11.3. The molecule has 6 aromatic rings. The average Bonchev–Trinajstić information content (AvgIpc) is 3.56. The first-order valence-corrected chi connectivity index (χ1v) is 11.3. The van der Waals surface area contributed by atoms with Crippen molar-refractivity contribution in [3.63, 3.8) is 0 Å². The molecule has 0 unspecified atom stereocenters. The molecule has 0 amide bonds. The molecule has 0 saturated carbocycles. The summed E-state index contributed by atoms with van der Waals surface area (Å²) in [5, 5.41) is 5.97. The number of nitrogens with one attached hydrogen (secondary N) is 1. The molecule has 1 N–H and O–H groups in total. The van der Waals surface area contributed by atoms with Gasteiger partial charge >= 0.3 is 0 Å². The third-order valence-electron chi connectivity index (χ3n) is 6.38. The van der Waals surface area contributed by atoms with Gasteiger partial charge in [0.05, 0.1) is 19.8 Å². The molecular weight excluding hydrogens is 456 g/mol. The van der Waals surface area contributed by atoms with E-state index in [1.54, 1.807) is 31.9 Å². The Morgan fingerprint density at radius 3 is 2.47 bits per heavy atom. The van der Waals surface area contributed by atoms with Gasteiger partial charge in [-0.2, -0.15) is 4.98 Å². The Bertz CT molecular complexity index is 1800. The molecule has 8 nitrogen and oxygen atoms in total. The zero-order valence-corrected chi connectivity index (χ0v) is 19.9. The molecule has 0 aliphatic heterocycles. The normalized spacial score (nSPS) is 11.3. The molecule has 3 heterocycles. The number of methoxy groups -OCH3 is 2. The molecule has 3 aromatic heterocycles. The molecular formula is C28H22N4O4. The molecule has 0 spiro atoms. The number of rotatable bonds is 5. The van der Waals surface area contributed by atoms with E-state index in [9.17, 15) is 4.79 Å². The fourth-order valence-electron chi connectivity index (χ4n) is 4.49. The van der Waals surface area contributed by atoms with E-state index < -0.39 is 0 Å². The van der Waals surface area contributed by atoms with Crippen molar-refractivity contribution in [2.45, 2.75) is 0 Å². The van der Waals surface area contributed by atoms with Gasteiger partial charge in [-0.3, -0.25) is 9.36 Å². The zero-order valence-electron chi connectivity index (χ0n) is 19.9. The third-order valence-corrected chi connectivity index (χ3v) is 6.38. The summed E-state index contributed by atoms with van der Waals surface area (Å²) in [6.07, 6.45) is 0. The van der Waals surface area contributed by atoms with Crippen molar-refractivity contribution in [1.82, 2.24) is 19.7 Å². The Morgan fingerprint density at radius 2 is 1.69 bits per heavy atom. The van der Waals surface area contributed by atoms with Crippen molar-refractivity contribution < 1.29 is 14.0 Å². The standard InChI is InChI=1S/C28H22N4O4/c1-32-26-21(15-22(28(32)33)19-11-10-18(34-2)14-24(19)35-3)20-13-17(9-12-23(20)29-26)27-30-25(31-36-27)16-7-5-4-6-8-16/h4-15,29H,1-3H3. The predicted molar refractivity (Wildman–Crippen MR) is 138 cm³/mol. The maximum absolute atomic E-state index is 13.3. The SMILES string of the molecule is COc1ccc(-c2cc3c4cc(-c5nc(-c6ccccc6)no5)ccc4[nH]c3n(C)c2=O)c(OC)c1. The highest BCUT2D eigenvalue weighted by Gasteiger charge is 2.18. The van der Waals surface area contributed by atoms with E-state index in [4.69, 9.17) is 14.0 Å². The number of ether oxygens (including phenoxy) is 2. The van der Waals surface area contributed by atoms with Crippen molar-refractivity contribution in [1.29, 1.82) is 0 Å². The molecule has 178 valence electrons. The number of H-pyrrole nitrogens is 1. The van der Waals surface area contributed by atoms with Gasteiger partial charge in [0.15, 0.2) is 0 Å². The summed E-state index contributed by atoms with van der Waals surface area (Å²) in [7, 11) is 4.92. The summed E-state index contributed by atoms with van der Waals surface area (Å²) in [5.74, 6) is 2.16. The highest BCUT2D eigenvalue weighted by molar-refractivity contribution is 6.08. The Balaban J connectivity index is 1.52. The fraction of sp³-hybridized carbons (Fsp3) is 0.107. The van der Waals surface area contributed by atoms with Gasteiger partial charge < -0.3 is 19.0 Å². The van der Waals surface area contributed by atoms with E-state index in [0.717, 1.165) is 33.1 Å². The minimum Gasteiger partial charge on any atom is -0.497 e. The number of pyridine rings is 1. The van der Waals surface area contributed by atoms with E-state index in [0.29, 0.717) is 34.3 Å². The quantitative estimate of drug-likeness (QED) is 0.355. The van der Waals surface area contributed by atoms with Crippen molar-refractivity contribution >= 4 is 21.9 Å². The van der Waals surface area contributed by atoms with Crippen LogP contribution < -0.4 is 15.0 Å². The second-order valence-corrected chi connectivity index (χ2v) is 8.43. The van der Waals surface area contributed by atoms with E-state index in [1.807, 2.05) is 66.7 Å². The molecule has 0 aliphatic rings. The molecule has 0 aliphatic carbocycles. The Morgan fingerprint density at radius 1 is 0.861 bits per heavy atom. The van der Waals surface area contributed by atoms with Gasteiger partial charge in [-0.25, -0.2) is 0 Å².